The maximum atomic E-state index is 11.3. The summed E-state index contributed by atoms with van der Waals surface area (Å²) in [6.45, 7) is 6.10. The fraction of sp³-hybridized carbons (Fsp3) is 0.526. The molecule has 5 heterocycles. The Morgan fingerprint density at radius 1 is 0.816 bits per heavy atom. The van der Waals surface area contributed by atoms with Crippen LogP contribution in [0.25, 0.3) is 22.3 Å². The summed E-state index contributed by atoms with van der Waals surface area (Å²) in [4.78, 5) is 27.5. The number of amides is 1. The minimum atomic E-state index is -0.756. The predicted molar refractivity (Wildman–Crippen MR) is 187 cm³/mol. The van der Waals surface area contributed by atoms with Crippen LogP contribution in [-0.4, -0.2) is 97.0 Å². The molecule has 2 aliphatic carbocycles. The zero-order chi connectivity index (χ0) is 33.1. The van der Waals surface area contributed by atoms with Crippen molar-refractivity contribution in [3.63, 3.8) is 0 Å². The summed E-state index contributed by atoms with van der Waals surface area (Å²) in [5, 5.41) is 15.3. The van der Waals surface area contributed by atoms with E-state index in [0.717, 1.165) is 84.4 Å². The van der Waals surface area contributed by atoms with Crippen LogP contribution >= 0.6 is 0 Å². The third kappa shape index (κ3) is 5.70. The van der Waals surface area contributed by atoms with Gasteiger partial charge in [0.1, 0.15) is 29.3 Å². The number of rotatable bonds is 6. The first-order chi connectivity index (χ1) is 23.9. The molecule has 49 heavy (non-hydrogen) atoms. The molecule has 1 unspecified atom stereocenters. The van der Waals surface area contributed by atoms with Crippen molar-refractivity contribution in [1.29, 1.82) is 0 Å². The quantitative estimate of drug-likeness (QED) is 0.251. The highest BCUT2D eigenvalue weighted by Crippen LogP contribution is 2.53. The summed E-state index contributed by atoms with van der Waals surface area (Å²) in [5.41, 5.74) is 9.45. The van der Waals surface area contributed by atoms with Crippen LogP contribution < -0.4 is 10.5 Å². The Bertz CT molecular complexity index is 1790. The Hall–Kier alpha value is -4.22. The second kappa shape index (κ2) is 12.3. The number of aromatic nitrogens is 4. The second-order valence-electron chi connectivity index (χ2n) is 15.4. The lowest BCUT2D eigenvalue weighted by Gasteiger charge is -2.54. The summed E-state index contributed by atoms with van der Waals surface area (Å²) in [5.74, 6) is 3.66. The number of hydrogen-bond acceptors (Lipinski definition) is 8. The van der Waals surface area contributed by atoms with Gasteiger partial charge < -0.3 is 25.4 Å². The van der Waals surface area contributed by atoms with Gasteiger partial charge in [-0.15, -0.1) is 0 Å². The summed E-state index contributed by atoms with van der Waals surface area (Å²) in [6.07, 6.45) is 10.2. The van der Waals surface area contributed by atoms with Crippen LogP contribution in [0.5, 0.6) is 11.5 Å². The average molecular weight is 663 g/mol. The van der Waals surface area contributed by atoms with Gasteiger partial charge in [-0.05, 0) is 105 Å². The summed E-state index contributed by atoms with van der Waals surface area (Å²) >= 11 is 0. The van der Waals surface area contributed by atoms with E-state index in [1.807, 2.05) is 54.6 Å². The number of anilines is 1. The Morgan fingerprint density at radius 2 is 1.49 bits per heavy atom. The number of para-hydroxylation sites is 1. The molecule has 1 spiro atoms. The first-order valence-corrected chi connectivity index (χ1v) is 18.2. The Labute approximate surface area is 287 Å². The minimum absolute atomic E-state index is 0.271. The molecule has 5 fully saturated rings. The number of nitrogens with zero attached hydrogens (tertiary/aromatic N) is 7. The van der Waals surface area contributed by atoms with E-state index in [4.69, 9.17) is 15.6 Å². The molecule has 0 bridgehead atoms. The zero-order valence-corrected chi connectivity index (χ0v) is 28.0. The lowest BCUT2D eigenvalue weighted by Crippen LogP contribution is -2.55. The van der Waals surface area contributed by atoms with E-state index in [1.54, 1.807) is 11.2 Å². The van der Waals surface area contributed by atoms with E-state index in [2.05, 4.69) is 24.4 Å². The number of ether oxygens (including phenoxy) is 1. The van der Waals surface area contributed by atoms with Crippen molar-refractivity contribution in [3.8, 4) is 22.8 Å². The number of nitrogens with two attached hydrogens (primary N) is 1. The fourth-order valence-corrected chi connectivity index (χ4v) is 9.93. The molecule has 3 N–H and O–H groups in total. The number of piperidine rings is 2. The molecule has 3 saturated heterocycles. The van der Waals surface area contributed by atoms with Gasteiger partial charge in [-0.3, -0.25) is 4.90 Å². The van der Waals surface area contributed by atoms with Gasteiger partial charge in [-0.1, -0.05) is 18.2 Å². The number of benzene rings is 2. The molecule has 1 amide bonds. The van der Waals surface area contributed by atoms with Crippen LogP contribution in [0.3, 0.4) is 0 Å². The SMILES string of the molecule is Nc1ncnc2c1c(-c1ccc(Oc3ccccc3)cc1)nn2C1CCN(C2C[C@@H]3CN(C4CC5(CCN(C(=O)O)CC5)C4)C[C@@H]3C2)CC1. The van der Waals surface area contributed by atoms with Gasteiger partial charge >= 0.3 is 6.09 Å². The minimum Gasteiger partial charge on any atom is -0.465 e. The number of hydrogen-bond donors (Lipinski definition) is 2. The highest BCUT2D eigenvalue weighted by molar-refractivity contribution is 5.98. The molecule has 2 saturated carbocycles. The summed E-state index contributed by atoms with van der Waals surface area (Å²) in [6, 6.07) is 19.5. The molecule has 5 aliphatic rings. The van der Waals surface area contributed by atoms with Gasteiger partial charge in [0.2, 0.25) is 0 Å². The number of nitrogen functional groups attached to an aromatic ring is 1. The van der Waals surface area contributed by atoms with Crippen molar-refractivity contribution < 1.29 is 14.6 Å². The molecule has 11 heteroatoms. The van der Waals surface area contributed by atoms with Crippen LogP contribution in [0.2, 0.25) is 0 Å². The van der Waals surface area contributed by atoms with Gasteiger partial charge in [-0.2, -0.15) is 5.10 Å². The molecule has 9 rings (SSSR count). The molecule has 2 aromatic heterocycles. The molecule has 4 aromatic rings. The van der Waals surface area contributed by atoms with Gasteiger partial charge in [-0.25, -0.2) is 19.4 Å². The molecule has 11 nitrogen and oxygen atoms in total. The standard InChI is InChI=1S/C38H46N8O3/c39-35-33-34(25-6-8-32(9-7-25)49-31-4-2-1-3-5-31)42-46(36(33)41-24-40-35)28-10-14-43(15-11-28)29-18-26-22-45(23-27(26)19-29)30-20-38(21-30)12-16-44(17-13-38)37(47)48/h1-9,24,26-30H,10-23H2,(H,47,48)(H2,39,40,41)/t26-,27+,29?. The van der Waals surface area contributed by atoms with Gasteiger partial charge in [0.05, 0.1) is 11.4 Å². The van der Waals surface area contributed by atoms with Crippen LogP contribution in [0, 0.1) is 17.3 Å². The van der Waals surface area contributed by atoms with Crippen LogP contribution in [0.15, 0.2) is 60.9 Å². The van der Waals surface area contributed by atoms with Crippen molar-refractivity contribution in [3.05, 3.63) is 60.9 Å². The molecule has 256 valence electrons. The number of fused-ring (bicyclic) bond motifs is 2. The Kier molecular flexibility index (Phi) is 7.72. The van der Waals surface area contributed by atoms with Crippen LogP contribution in [0.1, 0.15) is 57.4 Å². The monoisotopic (exact) mass is 662 g/mol. The average Bonchev–Trinajstić information content (AvgIpc) is 3.81. The zero-order valence-electron chi connectivity index (χ0n) is 28.0. The molecular weight excluding hydrogens is 616 g/mol. The molecule has 3 aliphatic heterocycles. The van der Waals surface area contributed by atoms with Crippen molar-refractivity contribution in [1.82, 2.24) is 34.4 Å². The summed E-state index contributed by atoms with van der Waals surface area (Å²) in [7, 11) is 0. The Balaban J connectivity index is 0.811. The molecule has 0 radical (unpaired) electrons. The van der Waals surface area contributed by atoms with E-state index in [-0.39, 0.29) is 6.04 Å². The third-order valence-electron chi connectivity index (χ3n) is 12.7. The lowest BCUT2D eigenvalue weighted by molar-refractivity contribution is -0.0347. The fourth-order valence-electron chi connectivity index (χ4n) is 9.93. The van der Waals surface area contributed by atoms with E-state index >= 15 is 0 Å². The first-order valence-electron chi connectivity index (χ1n) is 18.2. The topological polar surface area (TPSA) is 126 Å². The maximum Gasteiger partial charge on any atom is 0.407 e. The third-order valence-corrected chi connectivity index (χ3v) is 12.7. The van der Waals surface area contributed by atoms with Gasteiger partial charge in [0, 0.05) is 56.9 Å². The van der Waals surface area contributed by atoms with E-state index in [9.17, 15) is 9.90 Å². The summed E-state index contributed by atoms with van der Waals surface area (Å²) < 4.78 is 8.13. The second-order valence-corrected chi connectivity index (χ2v) is 15.4. The smallest absolute Gasteiger partial charge is 0.407 e. The lowest BCUT2D eigenvalue weighted by atomic mass is 9.60. The Morgan fingerprint density at radius 3 is 2.16 bits per heavy atom. The van der Waals surface area contributed by atoms with Crippen LogP contribution in [0.4, 0.5) is 10.6 Å². The maximum absolute atomic E-state index is 11.3. The van der Waals surface area contributed by atoms with Gasteiger partial charge in [0.25, 0.3) is 0 Å². The molecule has 3 atom stereocenters. The van der Waals surface area contributed by atoms with Crippen molar-refractivity contribution in [2.75, 3.05) is 45.0 Å². The molecule has 2 aromatic carbocycles. The highest BCUT2D eigenvalue weighted by Gasteiger charge is 2.52. The van der Waals surface area contributed by atoms with Crippen LogP contribution in [-0.2, 0) is 0 Å². The number of likely N-dealkylation sites (tertiary alicyclic amines) is 3. The normalized spacial score (nSPS) is 26.3. The predicted octanol–water partition coefficient (Wildman–Crippen LogP) is 6.14. The van der Waals surface area contributed by atoms with Gasteiger partial charge in [0.15, 0.2) is 5.65 Å². The molecular formula is C38H46N8O3. The van der Waals surface area contributed by atoms with E-state index < -0.39 is 6.09 Å². The number of carbonyl (C=O) groups is 1. The van der Waals surface area contributed by atoms with Crippen molar-refractivity contribution in [2.45, 2.75) is 69.5 Å². The largest absolute Gasteiger partial charge is 0.465 e. The van der Waals surface area contributed by atoms with Crippen molar-refractivity contribution >= 4 is 22.9 Å². The first kappa shape index (κ1) is 30.8. The van der Waals surface area contributed by atoms with E-state index in [0.29, 0.717) is 36.4 Å². The highest BCUT2D eigenvalue weighted by atomic mass is 16.5. The van der Waals surface area contributed by atoms with Crippen molar-refractivity contribution in [2.24, 2.45) is 17.3 Å². The van der Waals surface area contributed by atoms with E-state index in [1.165, 1.54) is 38.8 Å². The number of carboxylic acid groups (broad SMARTS) is 1.